The van der Waals surface area contributed by atoms with Gasteiger partial charge in [-0.3, -0.25) is 9.69 Å². The lowest BCUT2D eigenvalue weighted by Crippen LogP contribution is -2.54. The van der Waals surface area contributed by atoms with Crippen molar-refractivity contribution in [2.24, 2.45) is 0 Å². The summed E-state index contributed by atoms with van der Waals surface area (Å²) in [4.78, 5) is 29.9. The minimum absolute atomic E-state index is 0.0519. The second kappa shape index (κ2) is 6.07. The monoisotopic (exact) mass is 333 g/mol. The zero-order valence-electron chi connectivity index (χ0n) is 13.9. The molecule has 3 amide bonds. The van der Waals surface area contributed by atoms with E-state index in [9.17, 15) is 9.59 Å². The highest BCUT2D eigenvalue weighted by atomic mass is 32.2. The van der Waals surface area contributed by atoms with Crippen molar-refractivity contribution in [3.05, 3.63) is 29.8 Å². The number of benzene rings is 1. The van der Waals surface area contributed by atoms with Gasteiger partial charge in [0, 0.05) is 32.9 Å². The first-order valence-corrected chi connectivity index (χ1v) is 8.91. The number of thioether (sulfide) groups is 1. The van der Waals surface area contributed by atoms with E-state index in [1.165, 1.54) is 5.56 Å². The van der Waals surface area contributed by atoms with Crippen LogP contribution in [-0.4, -0.2) is 59.5 Å². The number of urea groups is 1. The van der Waals surface area contributed by atoms with Crippen LogP contribution in [0.3, 0.4) is 0 Å². The van der Waals surface area contributed by atoms with E-state index >= 15 is 0 Å². The standard InChI is InChI=1S/C17H23N3O2S/c1-13-4-6-14(7-5-13)20-15(21)12-23-17(20)8-10-19(11-9-17)16(22)18(2)3/h4-7H,8-12H2,1-3H3. The van der Waals surface area contributed by atoms with Gasteiger partial charge in [0.15, 0.2) is 0 Å². The van der Waals surface area contributed by atoms with E-state index in [2.05, 4.69) is 0 Å². The first-order chi connectivity index (χ1) is 10.9. The Morgan fingerprint density at radius 3 is 2.35 bits per heavy atom. The largest absolute Gasteiger partial charge is 0.331 e. The maximum atomic E-state index is 12.5. The van der Waals surface area contributed by atoms with Crippen molar-refractivity contribution in [1.29, 1.82) is 0 Å². The summed E-state index contributed by atoms with van der Waals surface area (Å²) in [6.07, 6.45) is 1.63. The van der Waals surface area contributed by atoms with Gasteiger partial charge in [-0.15, -0.1) is 11.8 Å². The van der Waals surface area contributed by atoms with E-state index in [1.54, 1.807) is 30.8 Å². The molecule has 0 atom stereocenters. The third-order valence-corrected chi connectivity index (χ3v) is 6.13. The topological polar surface area (TPSA) is 43.9 Å². The smallest absolute Gasteiger partial charge is 0.319 e. The number of piperidine rings is 1. The second-order valence-corrected chi connectivity index (χ2v) is 7.80. The van der Waals surface area contributed by atoms with Crippen LogP contribution in [0.5, 0.6) is 0 Å². The zero-order valence-corrected chi connectivity index (χ0v) is 14.7. The highest BCUT2D eigenvalue weighted by molar-refractivity contribution is 8.02. The fourth-order valence-electron chi connectivity index (χ4n) is 3.32. The van der Waals surface area contributed by atoms with E-state index in [-0.39, 0.29) is 16.8 Å². The lowest BCUT2D eigenvalue weighted by atomic mass is 10.0. The molecule has 0 unspecified atom stereocenters. The van der Waals surface area contributed by atoms with Gasteiger partial charge in [0.05, 0.1) is 10.6 Å². The minimum atomic E-state index is -0.199. The molecule has 2 aliphatic rings. The van der Waals surface area contributed by atoms with Crippen LogP contribution in [0.2, 0.25) is 0 Å². The Kier molecular flexibility index (Phi) is 4.27. The van der Waals surface area contributed by atoms with Gasteiger partial charge in [0.1, 0.15) is 0 Å². The molecule has 2 heterocycles. The number of aryl methyl sites for hydroxylation is 1. The normalized spacial score (nSPS) is 20.2. The summed E-state index contributed by atoms with van der Waals surface area (Å²) in [7, 11) is 3.55. The summed E-state index contributed by atoms with van der Waals surface area (Å²) in [6.45, 7) is 3.44. The molecule has 1 aromatic rings. The molecule has 5 nitrogen and oxygen atoms in total. The molecule has 0 aromatic heterocycles. The van der Waals surface area contributed by atoms with Crippen LogP contribution in [-0.2, 0) is 4.79 Å². The molecule has 0 bridgehead atoms. The summed E-state index contributed by atoms with van der Waals surface area (Å²) in [5, 5.41) is 0. The van der Waals surface area contributed by atoms with Gasteiger partial charge >= 0.3 is 6.03 Å². The van der Waals surface area contributed by atoms with E-state index in [0.29, 0.717) is 18.8 Å². The highest BCUT2D eigenvalue weighted by Crippen LogP contribution is 2.46. The quantitative estimate of drug-likeness (QED) is 0.793. The van der Waals surface area contributed by atoms with Gasteiger partial charge in [-0.25, -0.2) is 4.79 Å². The van der Waals surface area contributed by atoms with E-state index in [0.717, 1.165) is 18.5 Å². The number of hydrogen-bond acceptors (Lipinski definition) is 3. The molecule has 0 N–H and O–H groups in total. The van der Waals surface area contributed by atoms with E-state index in [1.807, 2.05) is 41.0 Å². The zero-order chi connectivity index (χ0) is 16.6. The van der Waals surface area contributed by atoms with Gasteiger partial charge in [-0.2, -0.15) is 0 Å². The van der Waals surface area contributed by atoms with E-state index in [4.69, 9.17) is 0 Å². The predicted molar refractivity (Wildman–Crippen MR) is 93.7 cm³/mol. The number of carbonyl (C=O) groups is 2. The van der Waals surface area contributed by atoms with Crippen LogP contribution in [0.15, 0.2) is 24.3 Å². The van der Waals surface area contributed by atoms with Gasteiger partial charge in [-0.05, 0) is 31.9 Å². The maximum absolute atomic E-state index is 12.5. The Balaban J connectivity index is 1.80. The number of likely N-dealkylation sites (tertiary alicyclic amines) is 1. The van der Waals surface area contributed by atoms with Crippen LogP contribution in [0, 0.1) is 6.92 Å². The number of nitrogens with zero attached hydrogens (tertiary/aromatic N) is 3. The van der Waals surface area contributed by atoms with Crippen molar-refractivity contribution in [3.63, 3.8) is 0 Å². The number of carbonyl (C=O) groups excluding carboxylic acids is 2. The average Bonchev–Trinajstić information content (AvgIpc) is 2.85. The van der Waals surface area contributed by atoms with Crippen molar-refractivity contribution in [3.8, 4) is 0 Å². The minimum Gasteiger partial charge on any atom is -0.331 e. The lowest BCUT2D eigenvalue weighted by Gasteiger charge is -2.44. The Labute approximate surface area is 141 Å². The fraction of sp³-hybridized carbons (Fsp3) is 0.529. The summed E-state index contributed by atoms with van der Waals surface area (Å²) in [5.74, 6) is 0.696. The highest BCUT2D eigenvalue weighted by Gasteiger charge is 2.49. The molecular formula is C17H23N3O2S. The Bertz CT molecular complexity index is 607. The summed E-state index contributed by atoms with van der Waals surface area (Å²) < 4.78 is 0. The van der Waals surface area contributed by atoms with Crippen LogP contribution in [0.1, 0.15) is 18.4 Å². The molecule has 0 saturated carbocycles. The second-order valence-electron chi connectivity index (χ2n) is 6.46. The number of anilines is 1. The van der Waals surface area contributed by atoms with E-state index < -0.39 is 0 Å². The Morgan fingerprint density at radius 2 is 1.78 bits per heavy atom. The molecule has 2 saturated heterocycles. The van der Waals surface area contributed by atoms with Crippen LogP contribution < -0.4 is 4.90 Å². The molecule has 1 aromatic carbocycles. The molecular weight excluding hydrogens is 310 g/mol. The third kappa shape index (κ3) is 2.92. The molecule has 23 heavy (non-hydrogen) atoms. The van der Waals surface area contributed by atoms with Gasteiger partial charge in [0.2, 0.25) is 5.91 Å². The number of amides is 3. The van der Waals surface area contributed by atoms with Gasteiger partial charge < -0.3 is 9.80 Å². The predicted octanol–water partition coefficient (Wildman–Crippen LogP) is 2.55. The van der Waals surface area contributed by atoms with Crippen molar-refractivity contribution >= 4 is 29.4 Å². The first kappa shape index (κ1) is 16.2. The number of hydrogen-bond donors (Lipinski definition) is 0. The van der Waals surface area contributed by atoms with Crippen molar-refractivity contribution in [2.75, 3.05) is 37.8 Å². The third-order valence-electron chi connectivity index (χ3n) is 4.61. The van der Waals surface area contributed by atoms with Crippen LogP contribution in [0.4, 0.5) is 10.5 Å². The fourth-order valence-corrected chi connectivity index (χ4v) is 4.65. The SMILES string of the molecule is Cc1ccc(N2C(=O)CSC23CCN(C(=O)N(C)C)CC3)cc1. The number of rotatable bonds is 1. The molecule has 1 spiro atoms. The van der Waals surface area contributed by atoms with Crippen LogP contribution in [0.25, 0.3) is 0 Å². The molecule has 6 heteroatoms. The van der Waals surface area contributed by atoms with Gasteiger partial charge in [-0.1, -0.05) is 17.7 Å². The summed E-state index contributed by atoms with van der Waals surface area (Å²) in [5.41, 5.74) is 2.16. The molecule has 2 aliphatic heterocycles. The molecule has 3 rings (SSSR count). The Hall–Kier alpha value is -1.69. The average molecular weight is 333 g/mol. The molecule has 2 fully saturated rings. The first-order valence-electron chi connectivity index (χ1n) is 7.93. The Morgan fingerprint density at radius 1 is 1.17 bits per heavy atom. The van der Waals surface area contributed by atoms with Crippen molar-refractivity contribution in [1.82, 2.24) is 9.80 Å². The van der Waals surface area contributed by atoms with Crippen LogP contribution >= 0.6 is 11.8 Å². The molecule has 124 valence electrons. The van der Waals surface area contributed by atoms with Crippen molar-refractivity contribution < 1.29 is 9.59 Å². The lowest BCUT2D eigenvalue weighted by molar-refractivity contribution is -0.116. The molecule has 0 radical (unpaired) electrons. The molecule has 0 aliphatic carbocycles. The van der Waals surface area contributed by atoms with Crippen molar-refractivity contribution in [2.45, 2.75) is 24.6 Å². The van der Waals surface area contributed by atoms with Gasteiger partial charge in [0.25, 0.3) is 0 Å². The summed E-state index contributed by atoms with van der Waals surface area (Å²) in [6, 6.07) is 8.20. The summed E-state index contributed by atoms with van der Waals surface area (Å²) >= 11 is 1.73. The maximum Gasteiger partial charge on any atom is 0.319 e.